The predicted molar refractivity (Wildman–Crippen MR) is 163 cm³/mol. The first-order valence-electron chi connectivity index (χ1n) is 14.6. The smallest absolute Gasteiger partial charge is 0.315 e. The third-order valence-corrected chi connectivity index (χ3v) is 8.02. The maximum Gasteiger partial charge on any atom is 0.315 e. The molecule has 0 unspecified atom stereocenters. The van der Waals surface area contributed by atoms with Crippen molar-refractivity contribution in [2.75, 3.05) is 70.4 Å². The van der Waals surface area contributed by atoms with Gasteiger partial charge in [0.2, 0.25) is 0 Å². The Balaban J connectivity index is 1.25. The summed E-state index contributed by atoms with van der Waals surface area (Å²) in [5.74, 6) is 0.939. The summed E-state index contributed by atoms with van der Waals surface area (Å²) in [6.45, 7) is 7.09. The van der Waals surface area contributed by atoms with Crippen LogP contribution >= 0.6 is 0 Å². The number of benzene rings is 2. The largest absolute Gasteiger partial charge is 0.383 e. The van der Waals surface area contributed by atoms with Crippen LogP contribution in [0.15, 0.2) is 36.7 Å². The van der Waals surface area contributed by atoms with Crippen LogP contribution in [0.3, 0.4) is 0 Å². The molecule has 0 radical (unpaired) electrons. The van der Waals surface area contributed by atoms with Crippen molar-refractivity contribution in [2.24, 2.45) is 0 Å². The van der Waals surface area contributed by atoms with Crippen LogP contribution < -0.4 is 20.9 Å². The van der Waals surface area contributed by atoms with Crippen molar-refractivity contribution in [3.8, 4) is 0 Å². The lowest BCUT2D eigenvalue weighted by atomic mass is 9.96. The first kappa shape index (κ1) is 29.5. The first-order chi connectivity index (χ1) is 20.5. The topological polar surface area (TPSA) is 121 Å². The van der Waals surface area contributed by atoms with Gasteiger partial charge in [0.05, 0.1) is 18.7 Å². The van der Waals surface area contributed by atoms with E-state index >= 15 is 0 Å². The lowest BCUT2D eigenvalue weighted by Crippen LogP contribution is -2.49. The van der Waals surface area contributed by atoms with Crippen molar-refractivity contribution in [1.82, 2.24) is 25.5 Å². The summed E-state index contributed by atoms with van der Waals surface area (Å²) < 4.78 is 10.2. The molecule has 11 nitrogen and oxygen atoms in total. The van der Waals surface area contributed by atoms with Crippen molar-refractivity contribution in [2.45, 2.75) is 38.8 Å². The van der Waals surface area contributed by atoms with E-state index in [2.05, 4.69) is 51.0 Å². The molecule has 5 rings (SSSR count). The molecule has 224 valence electrons. The highest BCUT2D eigenvalue weighted by atomic mass is 16.5. The molecule has 0 aliphatic carbocycles. The molecule has 0 atom stereocenters. The lowest BCUT2D eigenvalue weighted by molar-refractivity contribution is 0.0708. The Bertz CT molecular complexity index is 1410. The number of amides is 3. The summed E-state index contributed by atoms with van der Waals surface area (Å²) in [6.07, 6.45) is 3.97. The van der Waals surface area contributed by atoms with E-state index in [9.17, 15) is 9.59 Å². The number of carbonyl (C=O) groups excluding carboxylic acids is 2. The molecule has 3 amide bonds. The number of ether oxygens (including phenoxy) is 2. The highest BCUT2D eigenvalue weighted by molar-refractivity contribution is 5.95. The third kappa shape index (κ3) is 6.91. The molecule has 2 aliphatic heterocycles. The molecule has 0 spiro atoms. The molecule has 2 aliphatic rings. The number of piperidine rings is 1. The van der Waals surface area contributed by atoms with E-state index in [1.54, 1.807) is 20.5 Å². The Labute approximate surface area is 247 Å². The molecule has 3 heterocycles. The predicted octanol–water partition coefficient (Wildman–Crippen LogP) is 3.11. The van der Waals surface area contributed by atoms with Crippen LogP contribution in [-0.2, 0) is 22.4 Å². The fourth-order valence-electron chi connectivity index (χ4n) is 5.77. The fraction of sp³-hybridized carbons (Fsp3) is 0.484. The molecular weight excluding hydrogens is 534 g/mol. The number of anilines is 2. The maximum atomic E-state index is 13.5. The highest BCUT2D eigenvalue weighted by Gasteiger charge is 2.26. The minimum absolute atomic E-state index is 0.0350. The van der Waals surface area contributed by atoms with Gasteiger partial charge >= 0.3 is 6.03 Å². The molecule has 1 saturated heterocycles. The average Bonchev–Trinajstić information content (AvgIpc) is 3.00. The SMILES string of the molecule is COCCNC(=O)NC1CCN(C(=O)c2ccc3c(c2)CN(c2ncnc4c(C)cc(NCCOC)cc24)CC3)CC1. The van der Waals surface area contributed by atoms with Gasteiger partial charge in [0.15, 0.2) is 0 Å². The number of likely N-dealkylation sites (tertiary alicyclic amines) is 1. The fourth-order valence-corrected chi connectivity index (χ4v) is 5.77. The van der Waals surface area contributed by atoms with E-state index in [4.69, 9.17) is 14.5 Å². The van der Waals surface area contributed by atoms with Crippen LogP contribution in [0, 0.1) is 6.92 Å². The van der Waals surface area contributed by atoms with Crippen molar-refractivity contribution in [3.05, 3.63) is 58.9 Å². The Morgan fingerprint density at radius 2 is 1.76 bits per heavy atom. The van der Waals surface area contributed by atoms with E-state index in [1.165, 1.54) is 5.56 Å². The first-order valence-corrected chi connectivity index (χ1v) is 14.6. The van der Waals surface area contributed by atoms with Crippen LogP contribution in [0.2, 0.25) is 0 Å². The van der Waals surface area contributed by atoms with Gasteiger partial charge in [-0.15, -0.1) is 0 Å². The van der Waals surface area contributed by atoms with E-state index < -0.39 is 0 Å². The Morgan fingerprint density at radius 3 is 2.55 bits per heavy atom. The number of aryl methyl sites for hydroxylation is 1. The molecule has 11 heteroatoms. The van der Waals surface area contributed by atoms with E-state index in [0.29, 0.717) is 45.0 Å². The van der Waals surface area contributed by atoms with Gasteiger partial charge in [-0.1, -0.05) is 6.07 Å². The Morgan fingerprint density at radius 1 is 0.976 bits per heavy atom. The zero-order valence-corrected chi connectivity index (χ0v) is 24.7. The highest BCUT2D eigenvalue weighted by Crippen LogP contribution is 2.32. The normalized spacial score (nSPS) is 15.4. The number of hydrogen-bond donors (Lipinski definition) is 3. The van der Waals surface area contributed by atoms with Gasteiger partial charge in [0.25, 0.3) is 5.91 Å². The summed E-state index contributed by atoms with van der Waals surface area (Å²) in [5.41, 5.74) is 6.16. The summed E-state index contributed by atoms with van der Waals surface area (Å²) in [7, 11) is 3.30. The molecule has 0 bridgehead atoms. The van der Waals surface area contributed by atoms with E-state index in [-0.39, 0.29) is 18.0 Å². The number of nitrogens with zero attached hydrogens (tertiary/aromatic N) is 4. The standard InChI is InChI=1S/C31H41N7O4/c1-21-16-26(32-9-14-41-2)18-27-28(21)34-20-35-29(27)38-11-6-22-4-5-23(17-24(22)19-38)30(39)37-12-7-25(8-13-37)36-31(40)33-10-15-42-3/h4-5,16-18,20,25,32H,6-15,19H2,1-3H3,(H2,33,36,40). The molecule has 1 fully saturated rings. The van der Waals surface area contributed by atoms with Crippen molar-refractivity contribution >= 4 is 34.3 Å². The summed E-state index contributed by atoms with van der Waals surface area (Å²) >= 11 is 0. The number of aromatic nitrogens is 2. The molecule has 42 heavy (non-hydrogen) atoms. The van der Waals surface area contributed by atoms with Gasteiger partial charge in [0.1, 0.15) is 12.1 Å². The van der Waals surface area contributed by atoms with Crippen LogP contribution in [-0.4, -0.2) is 93.0 Å². The lowest BCUT2D eigenvalue weighted by Gasteiger charge is -2.33. The minimum Gasteiger partial charge on any atom is -0.383 e. The van der Waals surface area contributed by atoms with Crippen molar-refractivity contribution in [3.63, 3.8) is 0 Å². The Hall–Kier alpha value is -3.96. The van der Waals surface area contributed by atoms with Crippen LogP contribution in [0.4, 0.5) is 16.3 Å². The molecule has 2 aromatic carbocycles. The van der Waals surface area contributed by atoms with E-state index in [0.717, 1.165) is 65.9 Å². The molecule has 3 N–H and O–H groups in total. The number of urea groups is 1. The van der Waals surface area contributed by atoms with Gasteiger partial charge < -0.3 is 35.2 Å². The molecule has 3 aromatic rings. The third-order valence-electron chi connectivity index (χ3n) is 8.02. The average molecular weight is 576 g/mol. The molecule has 1 aromatic heterocycles. The maximum absolute atomic E-state index is 13.5. The van der Waals surface area contributed by atoms with Crippen molar-refractivity contribution in [1.29, 1.82) is 0 Å². The zero-order chi connectivity index (χ0) is 29.5. The zero-order valence-electron chi connectivity index (χ0n) is 24.7. The van der Waals surface area contributed by atoms with Crippen LogP contribution in [0.25, 0.3) is 10.9 Å². The van der Waals surface area contributed by atoms with Gasteiger partial charge in [-0.05, 0) is 67.1 Å². The monoisotopic (exact) mass is 575 g/mol. The number of carbonyl (C=O) groups is 2. The van der Waals surface area contributed by atoms with Crippen molar-refractivity contribution < 1.29 is 19.1 Å². The van der Waals surface area contributed by atoms with Gasteiger partial charge in [-0.3, -0.25) is 4.79 Å². The summed E-state index contributed by atoms with van der Waals surface area (Å²) in [4.78, 5) is 39.0. The van der Waals surface area contributed by atoms with E-state index in [1.807, 2.05) is 17.0 Å². The number of methoxy groups -OCH3 is 2. The second-order valence-corrected chi connectivity index (χ2v) is 10.9. The van der Waals surface area contributed by atoms with Crippen LogP contribution in [0.1, 0.15) is 39.9 Å². The number of rotatable bonds is 10. The van der Waals surface area contributed by atoms with Gasteiger partial charge in [0, 0.05) is 76.2 Å². The summed E-state index contributed by atoms with van der Waals surface area (Å²) in [6, 6.07) is 10.2. The number of fused-ring (bicyclic) bond motifs is 2. The number of hydrogen-bond acceptors (Lipinski definition) is 8. The molecule has 0 saturated carbocycles. The van der Waals surface area contributed by atoms with Gasteiger partial charge in [-0.2, -0.15) is 0 Å². The van der Waals surface area contributed by atoms with Gasteiger partial charge in [-0.25, -0.2) is 14.8 Å². The van der Waals surface area contributed by atoms with Crippen LogP contribution in [0.5, 0.6) is 0 Å². The second-order valence-electron chi connectivity index (χ2n) is 10.9. The summed E-state index contributed by atoms with van der Waals surface area (Å²) in [5, 5.41) is 10.2. The Kier molecular flexibility index (Phi) is 9.70. The number of nitrogens with one attached hydrogen (secondary N) is 3. The minimum atomic E-state index is -0.193. The quantitative estimate of drug-likeness (QED) is 0.316. The molecular formula is C31H41N7O4. The second kappa shape index (κ2) is 13.8.